The molecule has 1 fully saturated rings. The van der Waals surface area contributed by atoms with Crippen LogP contribution >= 0.6 is 0 Å². The van der Waals surface area contributed by atoms with E-state index in [1.807, 2.05) is 26.0 Å². The Morgan fingerprint density at radius 3 is 2.53 bits per heavy atom. The zero-order valence-corrected chi connectivity index (χ0v) is 19.2. The molecule has 8 heteroatoms. The zero-order valence-electron chi connectivity index (χ0n) is 19.2. The van der Waals surface area contributed by atoms with Crippen molar-refractivity contribution in [2.75, 3.05) is 58.9 Å². The van der Waals surface area contributed by atoms with Crippen molar-refractivity contribution in [2.24, 2.45) is 4.99 Å². The molecule has 3 rings (SSSR count). The maximum Gasteiger partial charge on any atom is 0.258 e. The van der Waals surface area contributed by atoms with Gasteiger partial charge in [0.15, 0.2) is 11.5 Å². The number of carbonyl (C=O) groups excluding carboxylic acids is 1. The number of nitrogens with one attached hydrogen (secondary N) is 2. The van der Waals surface area contributed by atoms with E-state index in [1.54, 1.807) is 32.4 Å². The number of benzene rings is 2. The number of morpholine rings is 1. The first-order chi connectivity index (χ1) is 15.5. The van der Waals surface area contributed by atoms with Gasteiger partial charge in [-0.25, -0.2) is 0 Å². The predicted octanol–water partition coefficient (Wildman–Crippen LogP) is 2.85. The third kappa shape index (κ3) is 6.45. The average molecular weight is 441 g/mol. The average Bonchev–Trinajstić information content (AvgIpc) is 2.81. The zero-order chi connectivity index (χ0) is 22.9. The minimum absolute atomic E-state index is 0.283. The van der Waals surface area contributed by atoms with E-state index in [4.69, 9.17) is 14.2 Å². The van der Waals surface area contributed by atoms with Gasteiger partial charge >= 0.3 is 0 Å². The number of guanidine groups is 1. The Labute approximate surface area is 189 Å². The molecule has 1 aliphatic rings. The van der Waals surface area contributed by atoms with Gasteiger partial charge in [-0.15, -0.1) is 0 Å². The highest BCUT2D eigenvalue weighted by molar-refractivity contribution is 6.10. The lowest BCUT2D eigenvalue weighted by atomic mass is 10.1. The second-order valence-electron chi connectivity index (χ2n) is 7.65. The SMILES string of the molecule is COc1ccc(C(=O)NC(=NCCN2CCOCC2)Nc2cc(C)ccc2C)cc1OC. The molecule has 172 valence electrons. The van der Waals surface area contributed by atoms with Crippen molar-refractivity contribution in [3.05, 3.63) is 53.1 Å². The number of anilines is 1. The van der Waals surface area contributed by atoms with Crippen LogP contribution in [0.15, 0.2) is 41.4 Å². The quantitative estimate of drug-likeness (QED) is 0.509. The lowest BCUT2D eigenvalue weighted by molar-refractivity contribution is 0.0394. The minimum Gasteiger partial charge on any atom is -0.493 e. The lowest BCUT2D eigenvalue weighted by Crippen LogP contribution is -2.39. The number of aryl methyl sites for hydroxylation is 2. The molecule has 1 aliphatic heterocycles. The van der Waals surface area contributed by atoms with Gasteiger partial charge < -0.3 is 19.5 Å². The summed E-state index contributed by atoms with van der Waals surface area (Å²) in [5.41, 5.74) is 3.54. The number of methoxy groups -OCH3 is 2. The normalized spacial score (nSPS) is 14.7. The van der Waals surface area contributed by atoms with Gasteiger partial charge in [-0.3, -0.25) is 20.0 Å². The van der Waals surface area contributed by atoms with Crippen LogP contribution < -0.4 is 20.1 Å². The fraction of sp³-hybridized carbons (Fsp3) is 0.417. The van der Waals surface area contributed by atoms with E-state index >= 15 is 0 Å². The van der Waals surface area contributed by atoms with Crippen LogP contribution in [0.5, 0.6) is 11.5 Å². The van der Waals surface area contributed by atoms with E-state index < -0.39 is 0 Å². The first-order valence-electron chi connectivity index (χ1n) is 10.7. The molecule has 0 aromatic heterocycles. The fourth-order valence-corrected chi connectivity index (χ4v) is 3.39. The molecule has 32 heavy (non-hydrogen) atoms. The van der Waals surface area contributed by atoms with Gasteiger partial charge in [0.2, 0.25) is 5.96 Å². The summed E-state index contributed by atoms with van der Waals surface area (Å²) in [4.78, 5) is 19.9. The van der Waals surface area contributed by atoms with Crippen LogP contribution in [0.4, 0.5) is 5.69 Å². The maximum atomic E-state index is 13.0. The molecule has 2 N–H and O–H groups in total. The summed E-state index contributed by atoms with van der Waals surface area (Å²) >= 11 is 0. The summed E-state index contributed by atoms with van der Waals surface area (Å²) in [7, 11) is 3.10. The summed E-state index contributed by atoms with van der Waals surface area (Å²) in [6.07, 6.45) is 0. The smallest absolute Gasteiger partial charge is 0.258 e. The Morgan fingerprint density at radius 2 is 1.81 bits per heavy atom. The molecule has 0 spiro atoms. The molecular formula is C24H32N4O4. The van der Waals surface area contributed by atoms with Gasteiger partial charge in [0, 0.05) is 30.9 Å². The number of ether oxygens (including phenoxy) is 3. The van der Waals surface area contributed by atoms with Crippen LogP contribution in [0.1, 0.15) is 21.5 Å². The molecule has 0 aliphatic carbocycles. The number of rotatable bonds is 7. The maximum absolute atomic E-state index is 13.0. The molecule has 1 amide bonds. The number of amides is 1. The summed E-state index contributed by atoms with van der Waals surface area (Å²) in [5, 5.41) is 6.21. The number of carbonyl (C=O) groups is 1. The standard InChI is InChI=1S/C24H32N4O4/c1-17-5-6-18(2)20(15-17)26-24(25-9-10-28-11-13-32-14-12-28)27-23(29)19-7-8-21(30-3)22(16-19)31-4/h5-8,15-16H,9-14H2,1-4H3,(H2,25,26,27,29). The van der Waals surface area contributed by atoms with Gasteiger partial charge in [-0.05, 0) is 49.2 Å². The highest BCUT2D eigenvalue weighted by Crippen LogP contribution is 2.27. The van der Waals surface area contributed by atoms with Crippen molar-refractivity contribution < 1.29 is 19.0 Å². The number of hydrogen-bond acceptors (Lipinski definition) is 6. The molecule has 0 bridgehead atoms. The highest BCUT2D eigenvalue weighted by Gasteiger charge is 2.14. The first-order valence-corrected chi connectivity index (χ1v) is 10.7. The molecule has 0 radical (unpaired) electrons. The first kappa shape index (κ1) is 23.6. The number of hydrogen-bond donors (Lipinski definition) is 2. The second-order valence-corrected chi connectivity index (χ2v) is 7.65. The van der Waals surface area contributed by atoms with Crippen molar-refractivity contribution in [2.45, 2.75) is 13.8 Å². The van der Waals surface area contributed by atoms with Crippen molar-refractivity contribution in [3.8, 4) is 11.5 Å². The molecule has 1 heterocycles. The Morgan fingerprint density at radius 1 is 1.06 bits per heavy atom. The summed E-state index contributed by atoms with van der Waals surface area (Å²) in [6, 6.07) is 11.2. The van der Waals surface area contributed by atoms with Gasteiger partial charge in [-0.2, -0.15) is 0 Å². The van der Waals surface area contributed by atoms with Crippen molar-refractivity contribution in [1.29, 1.82) is 0 Å². The molecule has 2 aromatic rings. The Bertz CT molecular complexity index is 955. The van der Waals surface area contributed by atoms with Crippen LogP contribution in [-0.2, 0) is 4.74 Å². The van der Waals surface area contributed by atoms with Crippen molar-refractivity contribution in [3.63, 3.8) is 0 Å². The Balaban J connectivity index is 1.76. The monoisotopic (exact) mass is 440 g/mol. The fourth-order valence-electron chi connectivity index (χ4n) is 3.39. The van der Waals surface area contributed by atoms with Crippen LogP contribution in [-0.4, -0.2) is 70.4 Å². The Kier molecular flexibility index (Phi) is 8.47. The van der Waals surface area contributed by atoms with Crippen LogP contribution in [0.25, 0.3) is 0 Å². The van der Waals surface area contributed by atoms with Crippen LogP contribution in [0, 0.1) is 13.8 Å². The molecule has 1 saturated heterocycles. The van der Waals surface area contributed by atoms with Crippen molar-refractivity contribution >= 4 is 17.6 Å². The lowest BCUT2D eigenvalue weighted by Gasteiger charge is -2.25. The van der Waals surface area contributed by atoms with E-state index in [0.717, 1.165) is 49.7 Å². The number of aliphatic imine (C=N–C) groups is 1. The van der Waals surface area contributed by atoms with Crippen molar-refractivity contribution in [1.82, 2.24) is 10.2 Å². The van der Waals surface area contributed by atoms with E-state index in [9.17, 15) is 4.79 Å². The summed E-state index contributed by atoms with van der Waals surface area (Å²) < 4.78 is 16.0. The molecule has 2 aromatic carbocycles. The van der Waals surface area contributed by atoms with E-state index in [-0.39, 0.29) is 5.91 Å². The van der Waals surface area contributed by atoms with Gasteiger partial charge in [0.25, 0.3) is 5.91 Å². The van der Waals surface area contributed by atoms with E-state index in [0.29, 0.717) is 29.6 Å². The molecular weight excluding hydrogens is 408 g/mol. The van der Waals surface area contributed by atoms with Gasteiger partial charge in [0.05, 0.1) is 34.0 Å². The Hall–Kier alpha value is -3.10. The largest absolute Gasteiger partial charge is 0.493 e. The van der Waals surface area contributed by atoms with Gasteiger partial charge in [-0.1, -0.05) is 12.1 Å². The molecule has 0 unspecified atom stereocenters. The molecule has 8 nitrogen and oxygen atoms in total. The van der Waals surface area contributed by atoms with Gasteiger partial charge in [0.1, 0.15) is 0 Å². The summed E-state index contributed by atoms with van der Waals surface area (Å²) in [5.74, 6) is 1.19. The minimum atomic E-state index is -0.283. The number of nitrogens with zero attached hydrogens (tertiary/aromatic N) is 2. The molecule has 0 atom stereocenters. The van der Waals surface area contributed by atoms with Crippen LogP contribution in [0.3, 0.4) is 0 Å². The third-order valence-corrected chi connectivity index (χ3v) is 5.31. The predicted molar refractivity (Wildman–Crippen MR) is 126 cm³/mol. The van der Waals surface area contributed by atoms with Crippen LogP contribution in [0.2, 0.25) is 0 Å². The van der Waals surface area contributed by atoms with E-state index in [2.05, 4.69) is 26.6 Å². The van der Waals surface area contributed by atoms with E-state index in [1.165, 1.54) is 0 Å². The summed E-state index contributed by atoms with van der Waals surface area (Å²) in [6.45, 7) is 8.68. The molecule has 0 saturated carbocycles. The third-order valence-electron chi connectivity index (χ3n) is 5.31. The second kappa shape index (κ2) is 11.5. The highest BCUT2D eigenvalue weighted by atomic mass is 16.5. The topological polar surface area (TPSA) is 84.4 Å².